The van der Waals surface area contributed by atoms with Crippen molar-refractivity contribution in [1.82, 2.24) is 0 Å². The molecular weight excluding hydrogens is 182 g/mol. The molecule has 0 aliphatic rings. The van der Waals surface area contributed by atoms with Gasteiger partial charge in [0.2, 0.25) is 0 Å². The summed E-state index contributed by atoms with van der Waals surface area (Å²) in [7, 11) is -4.66. The number of hydrogen-bond donors (Lipinski definition) is 5. The Labute approximate surface area is 88.6 Å². The normalized spacial score (nSPS) is 14.8. The van der Waals surface area contributed by atoms with Gasteiger partial charge in [0.15, 0.2) is 0 Å². The Balaban J connectivity index is -0.000000405. The second kappa shape index (κ2) is 5.07. The molecule has 0 aliphatic carbocycles. The van der Waals surface area contributed by atoms with Crippen molar-refractivity contribution in [2.75, 3.05) is 25.5 Å². The average molecular weight is 196 g/mol. The summed E-state index contributed by atoms with van der Waals surface area (Å²) < 4.78 is 0. The molecule has 11 heavy (non-hydrogen) atoms. The minimum Gasteiger partial charge on any atom is -1.00 e. The van der Waals surface area contributed by atoms with E-state index in [0.29, 0.717) is 0 Å². The first-order chi connectivity index (χ1) is 4.39. The molecule has 0 fully saturated rings. The van der Waals surface area contributed by atoms with Crippen LogP contribution in [0.15, 0.2) is 0 Å². The summed E-state index contributed by atoms with van der Waals surface area (Å²) in [4.78, 5) is 26.7. The Morgan fingerprint density at radius 3 is 1.36 bits per heavy atom. The summed E-state index contributed by atoms with van der Waals surface area (Å²) in [5, 5.41) is 16.5. The van der Waals surface area contributed by atoms with Gasteiger partial charge in [-0.1, -0.05) is 0 Å². The maximum Gasteiger partial charge on any atom is 1.00 e. The van der Waals surface area contributed by atoms with Crippen molar-refractivity contribution in [2.45, 2.75) is 0 Å². The summed E-state index contributed by atoms with van der Waals surface area (Å²) in [6.45, 7) is -0.997. The standard InChI is InChI=1S/C4H13O5P.Na.H/c5-1-3-10(7,8,9)4-2-6;;/h5-9H,1-4H2;;/q;+1;-1. The molecule has 0 saturated heterocycles. The molecule has 0 saturated carbocycles. The molecule has 0 aromatic rings. The fourth-order valence-electron chi connectivity index (χ4n) is 0.522. The molecule has 0 atom stereocenters. The molecule has 66 valence electrons. The largest absolute Gasteiger partial charge is 1.00 e. The quantitative estimate of drug-likeness (QED) is 0.230. The minimum atomic E-state index is -4.66. The van der Waals surface area contributed by atoms with Crippen molar-refractivity contribution < 1.29 is 55.9 Å². The van der Waals surface area contributed by atoms with Crippen molar-refractivity contribution in [1.29, 1.82) is 0 Å². The van der Waals surface area contributed by atoms with E-state index in [9.17, 15) is 0 Å². The summed E-state index contributed by atoms with van der Waals surface area (Å²) in [6.07, 6.45) is -0.932. The van der Waals surface area contributed by atoms with E-state index in [-0.39, 0.29) is 31.0 Å². The van der Waals surface area contributed by atoms with E-state index in [2.05, 4.69) is 0 Å². The van der Waals surface area contributed by atoms with Gasteiger partial charge in [0.25, 0.3) is 0 Å². The van der Waals surface area contributed by atoms with Crippen LogP contribution in [0.3, 0.4) is 0 Å². The van der Waals surface area contributed by atoms with Gasteiger partial charge in [0, 0.05) is 0 Å². The Morgan fingerprint density at radius 1 is 0.909 bits per heavy atom. The predicted octanol–water partition coefficient (Wildman–Crippen LogP) is -4.64. The summed E-state index contributed by atoms with van der Waals surface area (Å²) in [5.74, 6) is 0. The number of rotatable bonds is 4. The predicted molar refractivity (Wildman–Crippen MR) is 38.6 cm³/mol. The molecule has 5 N–H and O–H groups in total. The first-order valence-corrected chi connectivity index (χ1v) is 5.33. The van der Waals surface area contributed by atoms with Crippen molar-refractivity contribution in [2.24, 2.45) is 0 Å². The van der Waals surface area contributed by atoms with E-state index in [1.165, 1.54) is 0 Å². The molecule has 0 aromatic heterocycles. The van der Waals surface area contributed by atoms with E-state index in [1.807, 2.05) is 0 Å². The van der Waals surface area contributed by atoms with E-state index >= 15 is 0 Å². The van der Waals surface area contributed by atoms with Crippen molar-refractivity contribution in [3.05, 3.63) is 0 Å². The monoisotopic (exact) mass is 196 g/mol. The fraction of sp³-hybridized carbons (Fsp3) is 1.00. The molecular formula is C4H14NaO5P. The molecule has 0 aromatic carbocycles. The van der Waals surface area contributed by atoms with Gasteiger partial charge in [-0.25, -0.2) is 0 Å². The van der Waals surface area contributed by atoms with E-state index in [1.54, 1.807) is 0 Å². The molecule has 5 nitrogen and oxygen atoms in total. The molecule has 0 bridgehead atoms. The Morgan fingerprint density at radius 2 is 1.18 bits per heavy atom. The van der Waals surface area contributed by atoms with Crippen molar-refractivity contribution in [3.63, 3.8) is 0 Å². The maximum absolute atomic E-state index is 8.90. The smallest absolute Gasteiger partial charge is 1.00 e. The molecule has 0 amide bonds. The number of hydrogen-bond acceptors (Lipinski definition) is 5. The van der Waals surface area contributed by atoms with Gasteiger partial charge in [-0.05, 0) is 0 Å². The maximum atomic E-state index is 8.90. The summed E-state index contributed by atoms with van der Waals surface area (Å²) in [6, 6.07) is 0. The molecule has 0 heterocycles. The van der Waals surface area contributed by atoms with Crippen LogP contribution in [0.25, 0.3) is 0 Å². The van der Waals surface area contributed by atoms with Gasteiger partial charge in [0.05, 0.1) is 0 Å². The van der Waals surface area contributed by atoms with E-state index in [0.717, 1.165) is 0 Å². The van der Waals surface area contributed by atoms with Gasteiger partial charge in [-0.2, -0.15) is 0 Å². The van der Waals surface area contributed by atoms with Crippen molar-refractivity contribution >= 4 is 7.28 Å². The van der Waals surface area contributed by atoms with Gasteiger partial charge in [0.1, 0.15) is 0 Å². The van der Waals surface area contributed by atoms with Crippen LogP contribution in [-0.2, 0) is 0 Å². The van der Waals surface area contributed by atoms with Crippen molar-refractivity contribution in [3.8, 4) is 0 Å². The molecule has 0 aliphatic heterocycles. The number of aliphatic hydroxyl groups is 2. The zero-order valence-electron chi connectivity index (χ0n) is 7.51. The average Bonchev–Trinajstić information content (AvgIpc) is 1.61. The van der Waals surface area contributed by atoms with E-state index < -0.39 is 32.8 Å². The van der Waals surface area contributed by atoms with Crippen LogP contribution >= 0.6 is 7.28 Å². The third kappa shape index (κ3) is 7.59. The van der Waals surface area contributed by atoms with Gasteiger partial charge in [-0.15, -0.1) is 0 Å². The van der Waals surface area contributed by atoms with Gasteiger partial charge >= 0.3 is 87.3 Å². The van der Waals surface area contributed by atoms with E-state index in [4.69, 9.17) is 24.9 Å². The van der Waals surface area contributed by atoms with Gasteiger partial charge < -0.3 is 1.43 Å². The minimum absolute atomic E-state index is 0. The van der Waals surface area contributed by atoms with Crippen LogP contribution in [0, 0.1) is 0 Å². The first kappa shape index (κ1) is 14.7. The molecule has 0 rings (SSSR count). The second-order valence-corrected chi connectivity index (χ2v) is 5.81. The van der Waals surface area contributed by atoms with Crippen LogP contribution in [0.4, 0.5) is 0 Å². The van der Waals surface area contributed by atoms with Crippen LogP contribution in [-0.4, -0.2) is 50.4 Å². The molecule has 7 heteroatoms. The topological polar surface area (TPSA) is 101 Å². The SMILES string of the molecule is OCCP(O)(O)(O)CCO.[H-].[Na+]. The van der Waals surface area contributed by atoms with Crippen LogP contribution < -0.4 is 29.6 Å². The Hall–Kier alpha value is 1.23. The molecule has 0 spiro atoms. The third-order valence-corrected chi connectivity index (χ3v) is 3.35. The third-order valence-electron chi connectivity index (χ3n) is 1.12. The van der Waals surface area contributed by atoms with Crippen LogP contribution in [0.5, 0.6) is 0 Å². The fourth-order valence-corrected chi connectivity index (χ4v) is 1.56. The summed E-state index contributed by atoms with van der Waals surface area (Å²) in [5.41, 5.74) is 0. The Kier molecular flexibility index (Phi) is 6.79. The Bertz CT molecular complexity index is 106. The molecule has 0 unspecified atom stereocenters. The number of aliphatic hydroxyl groups excluding tert-OH is 2. The summed E-state index contributed by atoms with van der Waals surface area (Å²) >= 11 is 0. The first-order valence-electron chi connectivity index (χ1n) is 2.86. The molecule has 0 radical (unpaired) electrons. The van der Waals surface area contributed by atoms with Crippen LogP contribution in [0.1, 0.15) is 1.43 Å². The van der Waals surface area contributed by atoms with Gasteiger partial charge in [-0.3, -0.25) is 0 Å². The second-order valence-electron chi connectivity index (χ2n) is 2.23. The zero-order chi connectivity index (χ0) is 8.28. The van der Waals surface area contributed by atoms with Crippen LogP contribution in [0.2, 0.25) is 0 Å². The zero-order valence-corrected chi connectivity index (χ0v) is 9.41.